The molecule has 2 N–H and O–H groups in total. The van der Waals surface area contributed by atoms with E-state index in [1.54, 1.807) is 0 Å². The van der Waals surface area contributed by atoms with Gasteiger partial charge in [-0.1, -0.05) is 35.0 Å². The molecule has 0 fully saturated rings. The third kappa shape index (κ3) is 2.70. The van der Waals surface area contributed by atoms with E-state index in [2.05, 4.69) is 5.16 Å². The van der Waals surface area contributed by atoms with E-state index in [9.17, 15) is 8.42 Å². The Morgan fingerprint density at radius 1 is 1.28 bits per heavy atom. The number of hydrogen-bond acceptors (Lipinski definition) is 5. The predicted molar refractivity (Wildman–Crippen MR) is 69.6 cm³/mol. The smallest absolute Gasteiger partial charge is 0.175 e. The second-order valence-electron chi connectivity index (χ2n) is 4.30. The van der Waals surface area contributed by atoms with Crippen LogP contribution in [0.15, 0.2) is 28.8 Å². The average molecular weight is 266 g/mol. The summed E-state index contributed by atoms with van der Waals surface area (Å²) in [5, 5.41) is 3.64. The van der Waals surface area contributed by atoms with Crippen LogP contribution in [0.4, 0.5) is 5.82 Å². The van der Waals surface area contributed by atoms with Gasteiger partial charge in [-0.25, -0.2) is 8.42 Å². The minimum Gasteiger partial charge on any atom is -0.380 e. The predicted octanol–water partition coefficient (Wildman–Crippen LogP) is 1.78. The molecular weight excluding hydrogens is 252 g/mol. The fourth-order valence-electron chi connectivity index (χ4n) is 1.70. The molecule has 0 aliphatic carbocycles. The minimum atomic E-state index is -3.19. The molecule has 0 bridgehead atoms. The Hall–Kier alpha value is -1.82. The van der Waals surface area contributed by atoms with Gasteiger partial charge in [-0.2, -0.15) is 0 Å². The van der Waals surface area contributed by atoms with E-state index in [-0.39, 0.29) is 17.3 Å². The molecule has 0 saturated heterocycles. The molecule has 2 rings (SSSR count). The summed E-state index contributed by atoms with van der Waals surface area (Å²) in [6, 6.07) is 7.58. The van der Waals surface area contributed by atoms with Crippen LogP contribution in [-0.4, -0.2) is 19.8 Å². The quantitative estimate of drug-likeness (QED) is 0.915. The Balaban J connectivity index is 2.50. The maximum absolute atomic E-state index is 11.3. The summed E-state index contributed by atoms with van der Waals surface area (Å²) >= 11 is 0. The highest BCUT2D eigenvalue weighted by molar-refractivity contribution is 7.89. The summed E-state index contributed by atoms with van der Waals surface area (Å²) in [5.41, 5.74) is 8.20. The molecule has 0 saturated carbocycles. The maximum Gasteiger partial charge on any atom is 0.175 e. The first kappa shape index (κ1) is 12.6. The Morgan fingerprint density at radius 3 is 2.44 bits per heavy atom. The molecule has 0 atom stereocenters. The van der Waals surface area contributed by atoms with E-state index >= 15 is 0 Å². The van der Waals surface area contributed by atoms with Crippen LogP contribution >= 0.6 is 0 Å². The number of nitrogen functional groups attached to an aromatic ring is 1. The van der Waals surface area contributed by atoms with Crippen molar-refractivity contribution < 1.29 is 12.9 Å². The van der Waals surface area contributed by atoms with Crippen LogP contribution in [0.25, 0.3) is 11.1 Å². The van der Waals surface area contributed by atoms with Crippen LogP contribution < -0.4 is 5.73 Å². The molecule has 0 unspecified atom stereocenters. The third-order valence-corrected chi connectivity index (χ3v) is 3.31. The van der Waals surface area contributed by atoms with E-state index in [1.165, 1.54) is 0 Å². The number of hydrogen-bond donors (Lipinski definition) is 1. The first-order valence-electron chi connectivity index (χ1n) is 5.35. The molecule has 96 valence electrons. The lowest BCUT2D eigenvalue weighted by Crippen LogP contribution is -2.01. The van der Waals surface area contributed by atoms with Crippen LogP contribution in [0.3, 0.4) is 0 Å². The van der Waals surface area contributed by atoms with E-state index in [1.807, 2.05) is 31.2 Å². The third-order valence-electron chi connectivity index (χ3n) is 2.52. The van der Waals surface area contributed by atoms with Crippen molar-refractivity contribution in [3.63, 3.8) is 0 Å². The number of aryl methyl sites for hydroxylation is 1. The Kier molecular flexibility index (Phi) is 3.13. The normalized spacial score (nSPS) is 11.7. The van der Waals surface area contributed by atoms with Gasteiger partial charge in [0.1, 0.15) is 5.75 Å². The average Bonchev–Trinajstić information content (AvgIpc) is 2.59. The van der Waals surface area contributed by atoms with Gasteiger partial charge in [-0.05, 0) is 12.5 Å². The van der Waals surface area contributed by atoms with Gasteiger partial charge in [0.2, 0.25) is 0 Å². The van der Waals surface area contributed by atoms with Gasteiger partial charge in [0, 0.05) is 6.26 Å². The van der Waals surface area contributed by atoms with Crippen LogP contribution in [0.1, 0.15) is 11.3 Å². The largest absolute Gasteiger partial charge is 0.380 e. The second kappa shape index (κ2) is 4.45. The van der Waals surface area contributed by atoms with Crippen molar-refractivity contribution in [1.29, 1.82) is 0 Å². The zero-order valence-electron chi connectivity index (χ0n) is 10.2. The summed E-state index contributed by atoms with van der Waals surface area (Å²) in [5.74, 6) is 0.275. The first-order valence-corrected chi connectivity index (χ1v) is 7.41. The van der Waals surface area contributed by atoms with Crippen molar-refractivity contribution in [2.24, 2.45) is 0 Å². The number of nitrogens with zero attached hydrogens (tertiary/aromatic N) is 1. The summed E-state index contributed by atoms with van der Waals surface area (Å²) in [7, 11) is -3.19. The first-order chi connectivity index (χ1) is 8.37. The lowest BCUT2D eigenvalue weighted by atomic mass is 10.0. The molecular formula is C12H14N2O3S. The monoisotopic (exact) mass is 266 g/mol. The molecule has 6 heteroatoms. The number of aromatic nitrogens is 1. The number of anilines is 1. The van der Waals surface area contributed by atoms with Gasteiger partial charge in [0.25, 0.3) is 0 Å². The molecule has 5 nitrogen and oxygen atoms in total. The van der Waals surface area contributed by atoms with Crippen molar-refractivity contribution in [1.82, 2.24) is 5.16 Å². The highest BCUT2D eigenvalue weighted by atomic mass is 32.2. The molecule has 1 heterocycles. The molecule has 0 aliphatic heterocycles. The van der Waals surface area contributed by atoms with Gasteiger partial charge in [0.15, 0.2) is 21.4 Å². The Morgan fingerprint density at radius 2 is 1.89 bits per heavy atom. The SMILES string of the molecule is Cc1ccc(-c2c(N)noc2CS(C)(=O)=O)cc1. The van der Waals surface area contributed by atoms with E-state index in [0.717, 1.165) is 17.4 Å². The van der Waals surface area contributed by atoms with Crippen molar-refractivity contribution in [3.05, 3.63) is 35.6 Å². The van der Waals surface area contributed by atoms with E-state index in [4.69, 9.17) is 10.3 Å². The molecule has 0 amide bonds. The molecule has 18 heavy (non-hydrogen) atoms. The lowest BCUT2D eigenvalue weighted by Gasteiger charge is -2.02. The summed E-state index contributed by atoms with van der Waals surface area (Å²) in [6.45, 7) is 1.97. The summed E-state index contributed by atoms with van der Waals surface area (Å²) < 4.78 is 27.6. The molecule has 2 aromatic rings. The zero-order chi connectivity index (χ0) is 13.3. The topological polar surface area (TPSA) is 86.2 Å². The zero-order valence-corrected chi connectivity index (χ0v) is 11.0. The second-order valence-corrected chi connectivity index (χ2v) is 6.44. The fourth-order valence-corrected chi connectivity index (χ4v) is 2.38. The summed E-state index contributed by atoms with van der Waals surface area (Å²) in [6.07, 6.45) is 1.14. The van der Waals surface area contributed by atoms with Gasteiger partial charge in [-0.3, -0.25) is 0 Å². The molecule has 0 spiro atoms. The fraction of sp³-hybridized carbons (Fsp3) is 0.250. The molecule has 1 aromatic carbocycles. The Bertz CT molecular complexity index is 657. The summed E-state index contributed by atoms with van der Waals surface area (Å²) in [4.78, 5) is 0. The molecule has 1 aromatic heterocycles. The van der Waals surface area contributed by atoms with Gasteiger partial charge >= 0.3 is 0 Å². The maximum atomic E-state index is 11.3. The number of nitrogens with two attached hydrogens (primary N) is 1. The molecule has 0 aliphatic rings. The molecule has 0 radical (unpaired) electrons. The van der Waals surface area contributed by atoms with E-state index < -0.39 is 9.84 Å². The lowest BCUT2D eigenvalue weighted by molar-refractivity contribution is 0.396. The van der Waals surface area contributed by atoms with Gasteiger partial charge in [0.05, 0.1) is 5.56 Å². The highest BCUT2D eigenvalue weighted by Crippen LogP contribution is 2.30. The van der Waals surface area contributed by atoms with Crippen molar-refractivity contribution in [3.8, 4) is 11.1 Å². The standard InChI is InChI=1S/C12H14N2O3S/c1-8-3-5-9(6-4-8)11-10(7-18(2,15)16)17-14-12(11)13/h3-6H,7H2,1-2H3,(H2,13,14). The number of sulfone groups is 1. The van der Waals surface area contributed by atoms with Crippen LogP contribution in [-0.2, 0) is 15.6 Å². The van der Waals surface area contributed by atoms with Crippen molar-refractivity contribution in [2.45, 2.75) is 12.7 Å². The number of rotatable bonds is 3. The van der Waals surface area contributed by atoms with Crippen molar-refractivity contribution in [2.75, 3.05) is 12.0 Å². The highest BCUT2D eigenvalue weighted by Gasteiger charge is 2.19. The van der Waals surface area contributed by atoms with Crippen LogP contribution in [0, 0.1) is 6.92 Å². The van der Waals surface area contributed by atoms with Crippen LogP contribution in [0.2, 0.25) is 0 Å². The van der Waals surface area contributed by atoms with Gasteiger partial charge in [-0.15, -0.1) is 0 Å². The Labute approximate surface area is 106 Å². The van der Waals surface area contributed by atoms with Crippen LogP contribution in [0.5, 0.6) is 0 Å². The van der Waals surface area contributed by atoms with E-state index in [0.29, 0.717) is 5.56 Å². The van der Waals surface area contributed by atoms with Crippen molar-refractivity contribution >= 4 is 15.7 Å². The number of benzene rings is 1. The van der Waals surface area contributed by atoms with Gasteiger partial charge < -0.3 is 10.3 Å². The minimum absolute atomic E-state index is 0.206.